The van der Waals surface area contributed by atoms with E-state index in [9.17, 15) is 13.2 Å². The number of hydrogen-bond acceptors (Lipinski definition) is 4. The molecule has 6 nitrogen and oxygen atoms in total. The van der Waals surface area contributed by atoms with Crippen LogP contribution in [0.4, 0.5) is 13.2 Å². The second-order valence-electron chi connectivity index (χ2n) is 6.94. The van der Waals surface area contributed by atoms with Gasteiger partial charge in [-0.1, -0.05) is 13.8 Å². The van der Waals surface area contributed by atoms with Gasteiger partial charge in [0.1, 0.15) is 23.2 Å². The Hall–Kier alpha value is -1.90. The number of halogens is 3. The van der Waals surface area contributed by atoms with Gasteiger partial charge in [-0.2, -0.15) is 13.2 Å². The van der Waals surface area contributed by atoms with Crippen molar-refractivity contribution in [2.24, 2.45) is 7.05 Å². The van der Waals surface area contributed by atoms with Gasteiger partial charge in [-0.05, 0) is 19.4 Å². The maximum absolute atomic E-state index is 12.7. The van der Waals surface area contributed by atoms with Gasteiger partial charge in [0, 0.05) is 25.4 Å². The van der Waals surface area contributed by atoms with Crippen LogP contribution in [0.2, 0.25) is 0 Å². The molecule has 0 unspecified atom stereocenters. The Morgan fingerprint density at radius 3 is 2.68 bits per heavy atom. The normalized spacial score (nSPS) is 19.7. The van der Waals surface area contributed by atoms with Gasteiger partial charge in [0.2, 0.25) is 0 Å². The quantitative estimate of drug-likeness (QED) is 0.915. The van der Waals surface area contributed by atoms with Crippen LogP contribution in [0.3, 0.4) is 0 Å². The molecule has 1 fully saturated rings. The molecule has 0 amide bonds. The summed E-state index contributed by atoms with van der Waals surface area (Å²) >= 11 is 0. The summed E-state index contributed by atoms with van der Waals surface area (Å²) < 4.78 is 40.2. The molecule has 1 N–H and O–H groups in total. The second-order valence-corrected chi connectivity index (χ2v) is 6.94. The number of aromatic nitrogens is 5. The highest BCUT2D eigenvalue weighted by molar-refractivity contribution is 5.10. The maximum atomic E-state index is 12.7. The minimum absolute atomic E-state index is 0.0253. The summed E-state index contributed by atoms with van der Waals surface area (Å²) in [5.41, 5.74) is -0.783. The van der Waals surface area contributed by atoms with E-state index >= 15 is 0 Å². The van der Waals surface area contributed by atoms with Gasteiger partial charge >= 0.3 is 6.18 Å². The van der Waals surface area contributed by atoms with Crippen molar-refractivity contribution in [1.29, 1.82) is 0 Å². The highest BCUT2D eigenvalue weighted by atomic mass is 19.4. The Kier molecular flexibility index (Phi) is 4.86. The SMILES string of the molecule is CC(C)c1nnc(CN2CCC[C@H](c3ncc(C(F)(F)F)[nH]3)C2)n1C. The monoisotopic (exact) mass is 356 g/mol. The van der Waals surface area contributed by atoms with Crippen LogP contribution in [0.1, 0.15) is 61.7 Å². The van der Waals surface area contributed by atoms with Gasteiger partial charge in [-0.25, -0.2) is 4.98 Å². The average Bonchev–Trinajstić information content (AvgIpc) is 3.15. The predicted octanol–water partition coefficient (Wildman–Crippen LogP) is 3.06. The van der Waals surface area contributed by atoms with Gasteiger partial charge in [-0.15, -0.1) is 10.2 Å². The zero-order valence-electron chi connectivity index (χ0n) is 14.6. The first-order chi connectivity index (χ1) is 11.8. The standard InChI is InChI=1S/C16H23F3N6/c1-10(2)15-23-22-13(24(15)3)9-25-6-4-5-11(8-25)14-20-7-12(21-14)16(17,18)19/h7,10-11H,4-6,8-9H2,1-3H3,(H,20,21)/t11-/m0/s1. The molecule has 9 heteroatoms. The molecule has 1 aliphatic heterocycles. The molecule has 1 atom stereocenters. The van der Waals surface area contributed by atoms with Crippen LogP contribution in [-0.2, 0) is 19.8 Å². The number of nitrogens with zero attached hydrogens (tertiary/aromatic N) is 5. The minimum Gasteiger partial charge on any atom is -0.338 e. The number of imidazole rings is 1. The molecule has 2 aromatic heterocycles. The molecule has 138 valence electrons. The first-order valence-corrected chi connectivity index (χ1v) is 8.48. The number of H-pyrrole nitrogens is 1. The summed E-state index contributed by atoms with van der Waals surface area (Å²) in [7, 11) is 1.95. The summed E-state index contributed by atoms with van der Waals surface area (Å²) in [5.74, 6) is 2.49. The zero-order chi connectivity index (χ0) is 18.2. The lowest BCUT2D eigenvalue weighted by molar-refractivity contribution is -0.141. The molecule has 0 spiro atoms. The Morgan fingerprint density at radius 2 is 2.08 bits per heavy atom. The third kappa shape index (κ3) is 3.86. The Labute approximate surface area is 144 Å². The molecule has 3 rings (SSSR count). The highest BCUT2D eigenvalue weighted by Gasteiger charge is 2.34. The van der Waals surface area contributed by atoms with E-state index in [1.54, 1.807) is 0 Å². The molecule has 25 heavy (non-hydrogen) atoms. The van der Waals surface area contributed by atoms with Gasteiger partial charge in [0.25, 0.3) is 0 Å². The van der Waals surface area contributed by atoms with Crippen molar-refractivity contribution in [2.75, 3.05) is 13.1 Å². The first-order valence-electron chi connectivity index (χ1n) is 8.48. The number of alkyl halides is 3. The van der Waals surface area contributed by atoms with Crippen LogP contribution in [0.15, 0.2) is 6.20 Å². The van der Waals surface area contributed by atoms with Crippen molar-refractivity contribution < 1.29 is 13.2 Å². The summed E-state index contributed by atoms with van der Waals surface area (Å²) in [6, 6.07) is 0. The second kappa shape index (κ2) is 6.78. The van der Waals surface area contributed by atoms with Gasteiger partial charge < -0.3 is 9.55 Å². The lowest BCUT2D eigenvalue weighted by Gasteiger charge is -2.31. The van der Waals surface area contributed by atoms with Crippen LogP contribution >= 0.6 is 0 Å². The molecule has 0 saturated carbocycles. The van der Waals surface area contributed by atoms with Crippen molar-refractivity contribution in [1.82, 2.24) is 29.6 Å². The van der Waals surface area contributed by atoms with Crippen LogP contribution < -0.4 is 0 Å². The maximum Gasteiger partial charge on any atom is 0.432 e. The summed E-state index contributed by atoms with van der Waals surface area (Å²) in [6.45, 7) is 6.33. The van der Waals surface area contributed by atoms with Crippen molar-refractivity contribution in [3.8, 4) is 0 Å². The van der Waals surface area contributed by atoms with Gasteiger partial charge in [-0.3, -0.25) is 4.90 Å². The number of piperidine rings is 1. The molecule has 0 bridgehead atoms. The molecule has 0 aliphatic carbocycles. The lowest BCUT2D eigenvalue weighted by Crippen LogP contribution is -2.35. The lowest BCUT2D eigenvalue weighted by atomic mass is 9.97. The largest absolute Gasteiger partial charge is 0.432 e. The Balaban J connectivity index is 1.68. The number of rotatable bonds is 4. The van der Waals surface area contributed by atoms with E-state index in [-0.39, 0.29) is 5.92 Å². The Morgan fingerprint density at radius 1 is 1.32 bits per heavy atom. The van der Waals surface area contributed by atoms with E-state index in [1.165, 1.54) is 0 Å². The molecule has 1 aliphatic rings. The number of likely N-dealkylation sites (tertiary alicyclic amines) is 1. The first kappa shape index (κ1) is 17.9. The van der Waals surface area contributed by atoms with E-state index in [4.69, 9.17) is 0 Å². The topological polar surface area (TPSA) is 62.6 Å². The average molecular weight is 356 g/mol. The minimum atomic E-state index is -4.38. The van der Waals surface area contributed by atoms with E-state index in [2.05, 4.69) is 38.9 Å². The van der Waals surface area contributed by atoms with Gasteiger partial charge in [0.05, 0.1) is 12.7 Å². The molecule has 2 aromatic rings. The summed E-state index contributed by atoms with van der Waals surface area (Å²) in [4.78, 5) is 8.61. The van der Waals surface area contributed by atoms with E-state index in [1.807, 2.05) is 11.6 Å². The van der Waals surface area contributed by atoms with E-state index in [0.717, 1.165) is 37.2 Å². The number of aromatic amines is 1. The van der Waals surface area contributed by atoms with Crippen LogP contribution in [0.25, 0.3) is 0 Å². The fourth-order valence-electron chi connectivity index (χ4n) is 3.33. The van der Waals surface area contributed by atoms with Crippen molar-refractivity contribution in [2.45, 2.75) is 51.2 Å². The zero-order valence-corrected chi connectivity index (χ0v) is 14.6. The Bertz CT molecular complexity index is 718. The van der Waals surface area contributed by atoms with Crippen molar-refractivity contribution >= 4 is 0 Å². The third-order valence-corrected chi connectivity index (χ3v) is 4.67. The fourth-order valence-corrected chi connectivity index (χ4v) is 3.33. The third-order valence-electron chi connectivity index (χ3n) is 4.67. The van der Waals surface area contributed by atoms with Crippen molar-refractivity contribution in [3.63, 3.8) is 0 Å². The molecule has 1 saturated heterocycles. The van der Waals surface area contributed by atoms with E-state index in [0.29, 0.717) is 24.8 Å². The molecule has 3 heterocycles. The highest BCUT2D eigenvalue weighted by Crippen LogP contribution is 2.31. The van der Waals surface area contributed by atoms with Crippen molar-refractivity contribution in [3.05, 3.63) is 29.4 Å². The van der Waals surface area contributed by atoms with Gasteiger partial charge in [0.15, 0.2) is 0 Å². The molecule has 0 radical (unpaired) electrons. The summed E-state index contributed by atoms with van der Waals surface area (Å²) in [5, 5.41) is 8.50. The number of hydrogen-bond donors (Lipinski definition) is 1. The molecular weight excluding hydrogens is 333 g/mol. The molecular formula is C16H23F3N6. The predicted molar refractivity (Wildman–Crippen MR) is 85.9 cm³/mol. The molecule has 0 aromatic carbocycles. The smallest absolute Gasteiger partial charge is 0.338 e. The fraction of sp³-hybridized carbons (Fsp3) is 0.688. The number of nitrogens with one attached hydrogen (secondary N) is 1. The van der Waals surface area contributed by atoms with Crippen LogP contribution in [-0.4, -0.2) is 42.7 Å². The van der Waals surface area contributed by atoms with Crippen LogP contribution in [0.5, 0.6) is 0 Å². The van der Waals surface area contributed by atoms with E-state index < -0.39 is 11.9 Å². The summed E-state index contributed by atoms with van der Waals surface area (Å²) in [6.07, 6.45) is -1.75. The van der Waals surface area contributed by atoms with Crippen LogP contribution in [0, 0.1) is 0 Å².